The van der Waals surface area contributed by atoms with Gasteiger partial charge < -0.3 is 5.73 Å². The Kier molecular flexibility index (Phi) is 2.51. The lowest BCUT2D eigenvalue weighted by atomic mass is 10.2. The van der Waals surface area contributed by atoms with Gasteiger partial charge in [0.25, 0.3) is 0 Å². The van der Waals surface area contributed by atoms with Gasteiger partial charge in [-0.1, -0.05) is 11.3 Å². The fourth-order valence-corrected chi connectivity index (χ4v) is 1.95. The van der Waals surface area contributed by atoms with Crippen LogP contribution in [-0.2, 0) is 6.54 Å². The van der Waals surface area contributed by atoms with Gasteiger partial charge >= 0.3 is 0 Å². The number of aromatic nitrogens is 3. The van der Waals surface area contributed by atoms with E-state index in [-0.39, 0.29) is 0 Å². The molecule has 2 rings (SSSR count). The Balaban J connectivity index is 2.44. The molecule has 72 valence electrons. The van der Waals surface area contributed by atoms with Crippen molar-refractivity contribution in [1.82, 2.24) is 15.2 Å². The van der Waals surface area contributed by atoms with E-state index in [0.717, 1.165) is 21.3 Å². The molecule has 0 fully saturated rings. The zero-order chi connectivity index (χ0) is 9.97. The molecule has 0 saturated heterocycles. The van der Waals surface area contributed by atoms with Crippen molar-refractivity contribution in [3.05, 3.63) is 29.0 Å². The quantitative estimate of drug-likeness (QED) is 0.806. The molecule has 5 heteroatoms. The van der Waals surface area contributed by atoms with E-state index >= 15 is 0 Å². The van der Waals surface area contributed by atoms with Crippen molar-refractivity contribution < 1.29 is 0 Å². The Labute approximate surface area is 85.8 Å². The first-order valence-electron chi connectivity index (χ1n) is 4.25. The standard InChI is InChI=1S/C9H10N4S/c1-6-7(3-2-4-11-6)9-13-12-8(5-10)14-9/h2-4H,5,10H2,1H3. The fourth-order valence-electron chi connectivity index (χ4n) is 1.16. The summed E-state index contributed by atoms with van der Waals surface area (Å²) in [4.78, 5) is 4.20. The summed E-state index contributed by atoms with van der Waals surface area (Å²) in [6, 6.07) is 3.88. The van der Waals surface area contributed by atoms with Crippen LogP contribution < -0.4 is 5.73 Å². The summed E-state index contributed by atoms with van der Waals surface area (Å²) in [6.07, 6.45) is 1.77. The zero-order valence-corrected chi connectivity index (χ0v) is 8.58. The van der Waals surface area contributed by atoms with Crippen LogP contribution in [0.2, 0.25) is 0 Å². The second-order valence-electron chi connectivity index (χ2n) is 2.84. The van der Waals surface area contributed by atoms with Gasteiger partial charge in [-0.2, -0.15) is 0 Å². The summed E-state index contributed by atoms with van der Waals surface area (Å²) in [7, 11) is 0. The predicted octanol–water partition coefficient (Wildman–Crippen LogP) is 1.37. The van der Waals surface area contributed by atoms with Gasteiger partial charge in [-0.05, 0) is 19.1 Å². The van der Waals surface area contributed by atoms with Crippen molar-refractivity contribution in [2.75, 3.05) is 0 Å². The zero-order valence-electron chi connectivity index (χ0n) is 7.77. The highest BCUT2D eigenvalue weighted by Gasteiger charge is 2.07. The monoisotopic (exact) mass is 206 g/mol. The SMILES string of the molecule is Cc1ncccc1-c1nnc(CN)s1. The normalized spacial score (nSPS) is 10.4. The van der Waals surface area contributed by atoms with Crippen molar-refractivity contribution in [3.63, 3.8) is 0 Å². The van der Waals surface area contributed by atoms with Crippen LogP contribution in [0.3, 0.4) is 0 Å². The summed E-state index contributed by atoms with van der Waals surface area (Å²) in [5.41, 5.74) is 7.47. The topological polar surface area (TPSA) is 64.7 Å². The number of rotatable bonds is 2. The molecule has 0 amide bonds. The van der Waals surface area contributed by atoms with Gasteiger partial charge in [-0.15, -0.1) is 10.2 Å². The van der Waals surface area contributed by atoms with Gasteiger partial charge in [-0.3, -0.25) is 4.98 Å². The molecule has 2 aromatic heterocycles. The largest absolute Gasteiger partial charge is 0.324 e. The molecule has 0 atom stereocenters. The third kappa shape index (κ3) is 1.64. The number of nitrogens with zero attached hydrogens (tertiary/aromatic N) is 3. The van der Waals surface area contributed by atoms with Crippen LogP contribution in [-0.4, -0.2) is 15.2 Å². The van der Waals surface area contributed by atoms with E-state index in [0.29, 0.717) is 6.54 Å². The molecular weight excluding hydrogens is 196 g/mol. The first-order valence-corrected chi connectivity index (χ1v) is 5.07. The third-order valence-electron chi connectivity index (χ3n) is 1.88. The summed E-state index contributed by atoms with van der Waals surface area (Å²) >= 11 is 1.51. The summed E-state index contributed by atoms with van der Waals surface area (Å²) < 4.78 is 0. The van der Waals surface area contributed by atoms with Crippen molar-refractivity contribution in [3.8, 4) is 10.6 Å². The van der Waals surface area contributed by atoms with Gasteiger partial charge in [0, 0.05) is 24.0 Å². The van der Waals surface area contributed by atoms with Gasteiger partial charge in [0.15, 0.2) is 0 Å². The molecule has 4 nitrogen and oxygen atoms in total. The summed E-state index contributed by atoms with van der Waals surface area (Å²) in [6.45, 7) is 2.40. The van der Waals surface area contributed by atoms with Gasteiger partial charge in [0.1, 0.15) is 10.0 Å². The molecule has 14 heavy (non-hydrogen) atoms. The summed E-state index contributed by atoms with van der Waals surface area (Å²) in [5, 5.41) is 9.77. The third-order valence-corrected chi connectivity index (χ3v) is 2.86. The molecule has 2 heterocycles. The lowest BCUT2D eigenvalue weighted by Gasteiger charge is -1.97. The molecule has 0 radical (unpaired) electrons. The minimum Gasteiger partial charge on any atom is -0.324 e. The second-order valence-corrected chi connectivity index (χ2v) is 3.90. The summed E-state index contributed by atoms with van der Waals surface area (Å²) in [5.74, 6) is 0. The minimum atomic E-state index is 0.441. The van der Waals surface area contributed by atoms with Crippen molar-refractivity contribution >= 4 is 11.3 Å². The highest BCUT2D eigenvalue weighted by atomic mass is 32.1. The van der Waals surface area contributed by atoms with Gasteiger partial charge in [0.05, 0.1) is 0 Å². The smallest absolute Gasteiger partial charge is 0.149 e. The minimum absolute atomic E-state index is 0.441. The molecule has 2 aromatic rings. The molecule has 2 N–H and O–H groups in total. The van der Waals surface area contributed by atoms with E-state index in [1.807, 2.05) is 19.1 Å². The number of nitrogens with two attached hydrogens (primary N) is 1. The van der Waals surface area contributed by atoms with Crippen molar-refractivity contribution in [1.29, 1.82) is 0 Å². The lowest BCUT2D eigenvalue weighted by molar-refractivity contribution is 0.959. The Hall–Kier alpha value is -1.33. The predicted molar refractivity (Wildman–Crippen MR) is 55.8 cm³/mol. The average Bonchev–Trinajstić information content (AvgIpc) is 2.67. The molecule has 0 spiro atoms. The number of pyridine rings is 1. The molecule has 0 aromatic carbocycles. The maximum absolute atomic E-state index is 5.47. The van der Waals surface area contributed by atoms with Crippen molar-refractivity contribution in [2.24, 2.45) is 5.73 Å². The molecule has 0 aliphatic rings. The molecule has 0 aliphatic heterocycles. The molecular formula is C9H10N4S. The molecule has 0 bridgehead atoms. The molecule has 0 aliphatic carbocycles. The van der Waals surface area contributed by atoms with E-state index in [4.69, 9.17) is 5.73 Å². The Morgan fingerprint density at radius 2 is 2.29 bits per heavy atom. The van der Waals surface area contributed by atoms with Gasteiger partial charge in [-0.25, -0.2) is 0 Å². The van der Waals surface area contributed by atoms with Crippen LogP contribution in [0.15, 0.2) is 18.3 Å². The highest BCUT2D eigenvalue weighted by Crippen LogP contribution is 2.24. The van der Waals surface area contributed by atoms with E-state index in [9.17, 15) is 0 Å². The molecule has 0 saturated carbocycles. The van der Waals surface area contributed by atoms with E-state index in [1.54, 1.807) is 6.20 Å². The van der Waals surface area contributed by atoms with E-state index < -0.39 is 0 Å². The number of hydrogen-bond donors (Lipinski definition) is 1. The van der Waals surface area contributed by atoms with Crippen LogP contribution in [0.25, 0.3) is 10.6 Å². The van der Waals surface area contributed by atoms with Crippen LogP contribution >= 0.6 is 11.3 Å². The maximum atomic E-state index is 5.47. The Bertz CT molecular complexity index is 438. The first-order chi connectivity index (χ1) is 6.81. The maximum Gasteiger partial charge on any atom is 0.149 e. The van der Waals surface area contributed by atoms with E-state index in [1.165, 1.54) is 11.3 Å². The van der Waals surface area contributed by atoms with Gasteiger partial charge in [0.2, 0.25) is 0 Å². The van der Waals surface area contributed by atoms with E-state index in [2.05, 4.69) is 15.2 Å². The second kappa shape index (κ2) is 3.81. The van der Waals surface area contributed by atoms with Crippen molar-refractivity contribution in [2.45, 2.75) is 13.5 Å². The lowest BCUT2D eigenvalue weighted by Crippen LogP contribution is -1.94. The number of aryl methyl sites for hydroxylation is 1. The highest BCUT2D eigenvalue weighted by molar-refractivity contribution is 7.14. The van der Waals surface area contributed by atoms with Crippen LogP contribution in [0.5, 0.6) is 0 Å². The van der Waals surface area contributed by atoms with Crippen LogP contribution in [0, 0.1) is 6.92 Å². The number of hydrogen-bond acceptors (Lipinski definition) is 5. The average molecular weight is 206 g/mol. The Morgan fingerprint density at radius 3 is 2.93 bits per heavy atom. The van der Waals surface area contributed by atoms with Crippen LogP contribution in [0.1, 0.15) is 10.7 Å². The Morgan fingerprint density at radius 1 is 1.43 bits per heavy atom. The fraction of sp³-hybridized carbons (Fsp3) is 0.222. The molecule has 0 unspecified atom stereocenters. The van der Waals surface area contributed by atoms with Crippen LogP contribution in [0.4, 0.5) is 0 Å². The first kappa shape index (κ1) is 9.23.